The highest BCUT2D eigenvalue weighted by Crippen LogP contribution is 2.49. The molecule has 0 radical (unpaired) electrons. The minimum absolute atomic E-state index is 0.0411. The molecule has 11 heteroatoms. The Morgan fingerprint density at radius 2 is 1.88 bits per heavy atom. The summed E-state index contributed by atoms with van der Waals surface area (Å²) < 4.78 is 49.0. The minimum Gasteiger partial charge on any atom is -0.490 e. The lowest BCUT2D eigenvalue weighted by Crippen LogP contribution is -2.50. The van der Waals surface area contributed by atoms with Crippen molar-refractivity contribution in [3.63, 3.8) is 0 Å². The maximum Gasteiger partial charge on any atom is 0.264 e. The van der Waals surface area contributed by atoms with Crippen LogP contribution in [0.1, 0.15) is 80.3 Å². The number of halogens is 1. The van der Waals surface area contributed by atoms with Crippen molar-refractivity contribution < 1.29 is 27.4 Å². The van der Waals surface area contributed by atoms with Gasteiger partial charge in [0.15, 0.2) is 6.29 Å². The second-order valence-corrected chi connectivity index (χ2v) is 18.2. The van der Waals surface area contributed by atoms with Gasteiger partial charge in [0.1, 0.15) is 5.75 Å². The van der Waals surface area contributed by atoms with Crippen molar-refractivity contribution in [2.24, 2.45) is 23.7 Å². The molecule has 1 amide bonds. The van der Waals surface area contributed by atoms with Gasteiger partial charge in [-0.15, -0.1) is 0 Å². The van der Waals surface area contributed by atoms with Crippen LogP contribution in [0.2, 0.25) is 5.02 Å². The van der Waals surface area contributed by atoms with Crippen LogP contribution in [0.3, 0.4) is 0 Å². The highest BCUT2D eigenvalue weighted by molar-refractivity contribution is 7.90. The molecule has 1 saturated heterocycles. The number of amides is 1. The topological polar surface area (TPSA) is 97.4 Å². The first-order chi connectivity index (χ1) is 23.4. The van der Waals surface area contributed by atoms with Gasteiger partial charge in [-0.25, -0.2) is 13.1 Å². The highest BCUT2D eigenvalue weighted by Gasteiger charge is 2.47. The number of hydrogen-bond acceptors (Lipinski definition) is 8. The Balaban J connectivity index is 1.27. The van der Waals surface area contributed by atoms with Crippen molar-refractivity contribution in [2.75, 3.05) is 51.8 Å². The second-order valence-electron chi connectivity index (χ2n) is 15.8. The first-order valence-electron chi connectivity index (χ1n) is 18.2. The Labute approximate surface area is 297 Å². The molecule has 1 saturated carbocycles. The first kappa shape index (κ1) is 35.1. The zero-order valence-electron chi connectivity index (χ0n) is 29.3. The van der Waals surface area contributed by atoms with E-state index < -0.39 is 21.2 Å². The molecule has 3 aliphatic heterocycles. The minimum atomic E-state index is -3.90. The molecule has 1 spiro atoms. The van der Waals surface area contributed by atoms with Crippen LogP contribution in [0.5, 0.6) is 5.75 Å². The molecule has 268 valence electrons. The summed E-state index contributed by atoms with van der Waals surface area (Å²) in [5.74, 6) is 1.06. The van der Waals surface area contributed by atoms with Crippen LogP contribution in [0.4, 0.5) is 5.69 Å². The van der Waals surface area contributed by atoms with Crippen LogP contribution in [-0.2, 0) is 31.3 Å². The van der Waals surface area contributed by atoms with Gasteiger partial charge in [0.05, 0.1) is 30.3 Å². The van der Waals surface area contributed by atoms with Crippen LogP contribution in [0.15, 0.2) is 36.4 Å². The van der Waals surface area contributed by atoms with Gasteiger partial charge in [0, 0.05) is 41.6 Å². The molecule has 0 aromatic heterocycles. The predicted octanol–water partition coefficient (Wildman–Crippen LogP) is 6.03. The van der Waals surface area contributed by atoms with E-state index in [-0.39, 0.29) is 29.6 Å². The largest absolute Gasteiger partial charge is 0.490 e. The molecule has 2 fully saturated rings. The summed E-state index contributed by atoms with van der Waals surface area (Å²) in [4.78, 5) is 18.1. The van der Waals surface area contributed by atoms with Crippen molar-refractivity contribution in [3.8, 4) is 5.75 Å². The maximum absolute atomic E-state index is 13.6. The summed E-state index contributed by atoms with van der Waals surface area (Å²) in [6, 6.07) is 11.6. The molecule has 8 atom stereocenters. The summed E-state index contributed by atoms with van der Waals surface area (Å²) >= 11 is 6.47. The lowest BCUT2D eigenvalue weighted by atomic mass is 9.64. The maximum atomic E-state index is 13.6. The number of nitrogens with one attached hydrogen (secondary N) is 1. The second kappa shape index (κ2) is 14.0. The third-order valence-corrected chi connectivity index (χ3v) is 14.3. The zero-order chi connectivity index (χ0) is 34.5. The number of likely N-dealkylation sites (N-methyl/N-ethyl adjacent to an activating group) is 1. The number of carbonyl (C=O) groups excluding carboxylic acids is 1. The van der Waals surface area contributed by atoms with Crippen LogP contribution in [-0.4, -0.2) is 83.8 Å². The number of rotatable bonds is 3. The van der Waals surface area contributed by atoms with Gasteiger partial charge >= 0.3 is 0 Å². The molecule has 9 nitrogen and oxygen atoms in total. The fourth-order valence-corrected chi connectivity index (χ4v) is 10.7. The molecule has 2 bridgehead atoms. The average molecular weight is 714 g/mol. The monoisotopic (exact) mass is 713 g/mol. The fourth-order valence-electron chi connectivity index (χ4n) is 9.17. The quantitative estimate of drug-likeness (QED) is 0.412. The van der Waals surface area contributed by atoms with Crippen LogP contribution in [0, 0.1) is 23.7 Å². The molecule has 2 aliphatic carbocycles. The Kier molecular flexibility index (Phi) is 10.0. The van der Waals surface area contributed by atoms with Gasteiger partial charge in [-0.05, 0) is 125 Å². The Hall–Kier alpha value is -2.37. The first-order valence-corrected chi connectivity index (χ1v) is 20.1. The number of benzene rings is 2. The van der Waals surface area contributed by atoms with Gasteiger partial charge in [-0.2, -0.15) is 0 Å². The highest BCUT2D eigenvalue weighted by atomic mass is 35.5. The summed E-state index contributed by atoms with van der Waals surface area (Å²) in [6.45, 7) is 7.16. The van der Waals surface area contributed by atoms with Crippen LogP contribution < -0.4 is 14.4 Å². The third kappa shape index (κ3) is 7.10. The number of aryl methyl sites for hydroxylation is 1. The molecule has 2 aromatic rings. The number of carbonyl (C=O) groups is 1. The SMILES string of the molecule is C[C@@H]1[C@@H](C)CCC[C@H]([C@@H]2OC[C@H](CN(C)C)O2)[C@@H]2CC[C@H]2CN2C[C@@]3(CCCc4cc(Cl)ccc43)COc3ccc(cc32)C(=O)NS1(=O)=O. The van der Waals surface area contributed by atoms with Gasteiger partial charge in [0.25, 0.3) is 5.91 Å². The standard InChI is InChI=1S/C38H52ClN3O6S/c1-24-7-5-9-32(37-46-21-30(48-37)20-41(3)4)31-13-10-28(31)19-42-22-38(16-6-8-26-17-29(39)12-14-33(26)38)23-47-35-15-11-27(18-34(35)42)36(43)40-49(44,45)25(24)2/h11-12,14-15,17-18,24-25,28,30-32,37H,5-10,13,16,19-23H2,1-4H3,(H,40,43)/t24-,25+,28-,30-,31+,32-,37+,38-/m0/s1. The van der Waals surface area contributed by atoms with Crippen molar-refractivity contribution in [1.82, 2.24) is 9.62 Å². The van der Waals surface area contributed by atoms with Crippen molar-refractivity contribution >= 4 is 33.2 Å². The smallest absolute Gasteiger partial charge is 0.264 e. The summed E-state index contributed by atoms with van der Waals surface area (Å²) in [7, 11) is 0.217. The van der Waals surface area contributed by atoms with Gasteiger partial charge < -0.3 is 24.0 Å². The Morgan fingerprint density at radius 3 is 2.65 bits per heavy atom. The Morgan fingerprint density at radius 1 is 1.04 bits per heavy atom. The summed E-state index contributed by atoms with van der Waals surface area (Å²) in [5, 5.41) is 0.0311. The molecule has 7 rings (SSSR count). The molecular weight excluding hydrogens is 662 g/mol. The van der Waals surface area contributed by atoms with Crippen LogP contribution in [0.25, 0.3) is 0 Å². The van der Waals surface area contributed by atoms with Gasteiger partial charge in [-0.3, -0.25) is 4.79 Å². The van der Waals surface area contributed by atoms with E-state index in [0.29, 0.717) is 30.6 Å². The van der Waals surface area contributed by atoms with Crippen molar-refractivity contribution in [2.45, 2.75) is 88.3 Å². The average Bonchev–Trinajstić information content (AvgIpc) is 3.44. The number of hydrogen-bond donors (Lipinski definition) is 1. The number of fused-ring (bicyclic) bond motifs is 4. The number of ether oxygens (including phenoxy) is 3. The predicted molar refractivity (Wildman–Crippen MR) is 192 cm³/mol. The van der Waals surface area contributed by atoms with E-state index in [0.717, 1.165) is 87.5 Å². The van der Waals surface area contributed by atoms with E-state index in [1.54, 1.807) is 13.0 Å². The van der Waals surface area contributed by atoms with Crippen LogP contribution >= 0.6 is 11.6 Å². The van der Waals surface area contributed by atoms with Crippen molar-refractivity contribution in [1.29, 1.82) is 0 Å². The molecule has 5 aliphatic rings. The van der Waals surface area contributed by atoms with E-state index in [9.17, 15) is 13.2 Å². The van der Waals surface area contributed by atoms with E-state index in [2.05, 4.69) is 40.7 Å². The molecule has 1 N–H and O–H groups in total. The molecule has 49 heavy (non-hydrogen) atoms. The number of anilines is 1. The summed E-state index contributed by atoms with van der Waals surface area (Å²) in [6.07, 6.45) is 7.55. The number of nitrogens with zero attached hydrogens (tertiary/aromatic N) is 2. The normalized spacial score (nSPS) is 34.7. The lowest BCUT2D eigenvalue weighted by molar-refractivity contribution is -0.134. The zero-order valence-corrected chi connectivity index (χ0v) is 30.9. The third-order valence-electron chi connectivity index (χ3n) is 12.2. The molecule has 0 unspecified atom stereocenters. The number of sulfonamides is 1. The van der Waals surface area contributed by atoms with E-state index in [1.807, 2.05) is 25.1 Å². The fraction of sp³-hybridized carbons (Fsp3) is 0.658. The van der Waals surface area contributed by atoms with Gasteiger partial charge in [-0.1, -0.05) is 31.0 Å². The van der Waals surface area contributed by atoms with Crippen molar-refractivity contribution in [3.05, 3.63) is 58.1 Å². The molecule has 2 aromatic carbocycles. The van der Waals surface area contributed by atoms with E-state index >= 15 is 0 Å². The molecule has 3 heterocycles. The lowest BCUT2D eigenvalue weighted by Gasteiger charge is -2.47. The molecular formula is C38H52ClN3O6S. The van der Waals surface area contributed by atoms with E-state index in [1.165, 1.54) is 11.1 Å². The summed E-state index contributed by atoms with van der Waals surface area (Å²) in [5.41, 5.74) is 3.49. The Bertz CT molecular complexity index is 1650. The van der Waals surface area contributed by atoms with Gasteiger partial charge in [0.2, 0.25) is 10.0 Å². The van der Waals surface area contributed by atoms with E-state index in [4.69, 9.17) is 25.8 Å².